The van der Waals surface area contributed by atoms with Gasteiger partial charge in [-0.25, -0.2) is 14.2 Å². The zero-order chi connectivity index (χ0) is 24.1. The van der Waals surface area contributed by atoms with Gasteiger partial charge in [0.15, 0.2) is 5.76 Å². The van der Waals surface area contributed by atoms with Gasteiger partial charge in [0.2, 0.25) is 0 Å². The van der Waals surface area contributed by atoms with Crippen molar-refractivity contribution in [3.63, 3.8) is 0 Å². The van der Waals surface area contributed by atoms with Gasteiger partial charge >= 0.3 is 6.09 Å². The summed E-state index contributed by atoms with van der Waals surface area (Å²) in [4.78, 5) is 18.6. The third kappa shape index (κ3) is 5.73. The van der Waals surface area contributed by atoms with Crippen LogP contribution in [0.15, 0.2) is 40.9 Å². The molecule has 0 N–H and O–H groups in total. The Kier molecular flexibility index (Phi) is 7.45. The minimum absolute atomic E-state index is 0.0158. The Morgan fingerprint density at radius 2 is 1.94 bits per heavy atom. The predicted molar refractivity (Wildman–Crippen MR) is 125 cm³/mol. The van der Waals surface area contributed by atoms with E-state index in [-0.39, 0.29) is 25.1 Å². The summed E-state index contributed by atoms with van der Waals surface area (Å²) in [6, 6.07) is 9.87. The lowest BCUT2D eigenvalue weighted by Crippen LogP contribution is -2.27. The standard InChI is InChI=1S/C26H30FN3O4/c1-17-22(16-32-26(31)30(3)15-19-8-7-9-20(27)14-19)25(34-29-17)23-12-13-24(18(2)28-23)33-21-10-5-4-6-11-21/h7-9,12-14,21H,4-6,10-11,15-16H2,1-3H3. The Balaban J connectivity index is 1.41. The van der Waals surface area contributed by atoms with Crippen LogP contribution in [0.4, 0.5) is 9.18 Å². The number of amides is 1. The summed E-state index contributed by atoms with van der Waals surface area (Å²) >= 11 is 0. The molecule has 8 heteroatoms. The number of ether oxygens (including phenoxy) is 2. The van der Waals surface area contributed by atoms with Crippen LogP contribution in [0.5, 0.6) is 5.75 Å². The van der Waals surface area contributed by atoms with E-state index in [1.165, 1.54) is 36.3 Å². The smallest absolute Gasteiger partial charge is 0.410 e. The first kappa shape index (κ1) is 23.7. The van der Waals surface area contributed by atoms with Gasteiger partial charge in [0, 0.05) is 13.6 Å². The van der Waals surface area contributed by atoms with E-state index in [2.05, 4.69) is 10.1 Å². The minimum Gasteiger partial charge on any atom is -0.489 e. The average molecular weight is 468 g/mol. The first-order chi connectivity index (χ1) is 16.4. The molecule has 0 unspecified atom stereocenters. The average Bonchev–Trinajstić information content (AvgIpc) is 3.19. The molecule has 0 spiro atoms. The van der Waals surface area contributed by atoms with Crippen LogP contribution in [0.1, 0.15) is 54.6 Å². The number of carbonyl (C=O) groups is 1. The van der Waals surface area contributed by atoms with Crippen molar-refractivity contribution in [1.29, 1.82) is 0 Å². The largest absolute Gasteiger partial charge is 0.489 e. The number of halogens is 1. The number of pyridine rings is 1. The SMILES string of the molecule is Cc1nc(-c2onc(C)c2COC(=O)N(C)Cc2cccc(F)c2)ccc1OC1CCCCC1. The van der Waals surface area contributed by atoms with Gasteiger partial charge < -0.3 is 18.9 Å². The lowest BCUT2D eigenvalue weighted by atomic mass is 9.98. The zero-order valence-corrected chi connectivity index (χ0v) is 19.8. The van der Waals surface area contributed by atoms with Crippen LogP contribution in [0.2, 0.25) is 0 Å². The fourth-order valence-electron chi connectivity index (χ4n) is 4.14. The molecule has 1 fully saturated rings. The fraction of sp³-hybridized carbons (Fsp3) is 0.423. The van der Waals surface area contributed by atoms with E-state index in [1.807, 2.05) is 19.1 Å². The molecule has 0 bridgehead atoms. The van der Waals surface area contributed by atoms with Gasteiger partial charge in [-0.2, -0.15) is 0 Å². The number of hydrogen-bond acceptors (Lipinski definition) is 6. The lowest BCUT2D eigenvalue weighted by molar-refractivity contribution is 0.102. The van der Waals surface area contributed by atoms with Crippen LogP contribution < -0.4 is 4.74 Å². The highest BCUT2D eigenvalue weighted by Crippen LogP contribution is 2.30. The minimum atomic E-state index is -0.531. The second-order valence-electron chi connectivity index (χ2n) is 8.77. The third-order valence-electron chi connectivity index (χ3n) is 6.06. The summed E-state index contributed by atoms with van der Waals surface area (Å²) in [5, 5.41) is 4.05. The molecule has 1 saturated carbocycles. The molecule has 0 atom stereocenters. The van der Waals surface area contributed by atoms with E-state index in [9.17, 15) is 9.18 Å². The Morgan fingerprint density at radius 3 is 2.68 bits per heavy atom. The van der Waals surface area contributed by atoms with E-state index in [4.69, 9.17) is 14.0 Å². The first-order valence-corrected chi connectivity index (χ1v) is 11.6. The van der Waals surface area contributed by atoms with E-state index < -0.39 is 6.09 Å². The van der Waals surface area contributed by atoms with Gasteiger partial charge in [-0.3, -0.25) is 0 Å². The number of aromatic nitrogens is 2. The number of nitrogens with zero attached hydrogens (tertiary/aromatic N) is 3. The molecule has 0 radical (unpaired) electrons. The predicted octanol–water partition coefficient (Wildman–Crippen LogP) is 5.97. The van der Waals surface area contributed by atoms with E-state index in [1.54, 1.807) is 26.1 Å². The van der Waals surface area contributed by atoms with Crippen LogP contribution >= 0.6 is 0 Å². The Morgan fingerprint density at radius 1 is 1.15 bits per heavy atom. The van der Waals surface area contributed by atoms with Crippen molar-refractivity contribution in [2.24, 2.45) is 0 Å². The van der Waals surface area contributed by atoms with E-state index in [0.29, 0.717) is 28.3 Å². The molecule has 180 valence electrons. The van der Waals surface area contributed by atoms with Gasteiger partial charge in [0.25, 0.3) is 0 Å². The molecule has 2 heterocycles. The molecule has 4 rings (SSSR count). The van der Waals surface area contributed by atoms with Crippen LogP contribution in [-0.2, 0) is 17.9 Å². The highest BCUT2D eigenvalue weighted by molar-refractivity contribution is 5.68. The van der Waals surface area contributed by atoms with Crippen molar-refractivity contribution in [2.75, 3.05) is 7.05 Å². The van der Waals surface area contributed by atoms with Gasteiger partial charge in [0.1, 0.15) is 23.9 Å². The summed E-state index contributed by atoms with van der Waals surface area (Å²) in [7, 11) is 1.60. The molecule has 2 aromatic heterocycles. The van der Waals surface area contributed by atoms with Gasteiger partial charge in [-0.15, -0.1) is 0 Å². The lowest BCUT2D eigenvalue weighted by Gasteiger charge is -2.23. The van der Waals surface area contributed by atoms with E-state index >= 15 is 0 Å². The van der Waals surface area contributed by atoms with Crippen molar-refractivity contribution in [2.45, 2.75) is 65.2 Å². The quantitative estimate of drug-likeness (QED) is 0.426. The molecule has 0 aliphatic heterocycles. The number of aryl methyl sites for hydroxylation is 2. The van der Waals surface area contributed by atoms with E-state index in [0.717, 1.165) is 24.3 Å². The van der Waals surface area contributed by atoms with Crippen molar-refractivity contribution >= 4 is 6.09 Å². The molecule has 1 aromatic carbocycles. The Labute approximate surface area is 198 Å². The summed E-state index contributed by atoms with van der Waals surface area (Å²) < 4.78 is 30.6. The van der Waals surface area contributed by atoms with Crippen molar-refractivity contribution in [3.8, 4) is 17.2 Å². The van der Waals surface area contributed by atoms with Crippen LogP contribution in [0.25, 0.3) is 11.5 Å². The van der Waals surface area contributed by atoms with Crippen molar-refractivity contribution in [3.05, 3.63) is 64.7 Å². The summed E-state index contributed by atoms with van der Waals surface area (Å²) in [5.74, 6) is 0.895. The highest BCUT2D eigenvalue weighted by Gasteiger charge is 2.21. The van der Waals surface area contributed by atoms with Crippen LogP contribution in [0, 0.1) is 19.7 Å². The molecular formula is C26H30FN3O4. The fourth-order valence-corrected chi connectivity index (χ4v) is 4.14. The number of carbonyl (C=O) groups excluding carboxylic acids is 1. The maximum atomic E-state index is 13.4. The molecule has 1 amide bonds. The van der Waals surface area contributed by atoms with Crippen molar-refractivity contribution < 1.29 is 23.2 Å². The molecule has 0 saturated heterocycles. The van der Waals surface area contributed by atoms with Crippen molar-refractivity contribution in [1.82, 2.24) is 15.0 Å². The molecule has 1 aliphatic rings. The monoisotopic (exact) mass is 467 g/mol. The maximum Gasteiger partial charge on any atom is 0.410 e. The second-order valence-corrected chi connectivity index (χ2v) is 8.77. The molecule has 7 nitrogen and oxygen atoms in total. The number of hydrogen-bond donors (Lipinski definition) is 0. The second kappa shape index (κ2) is 10.7. The van der Waals surface area contributed by atoms with Crippen LogP contribution in [0.3, 0.4) is 0 Å². The molecule has 1 aliphatic carbocycles. The Bertz CT molecular complexity index is 1140. The number of benzene rings is 1. The molecular weight excluding hydrogens is 437 g/mol. The van der Waals surface area contributed by atoms with Crippen LogP contribution in [-0.4, -0.2) is 34.3 Å². The number of rotatable bonds is 7. The third-order valence-corrected chi connectivity index (χ3v) is 6.06. The summed E-state index contributed by atoms with van der Waals surface area (Å²) in [6.07, 6.45) is 5.53. The van der Waals surface area contributed by atoms with Gasteiger partial charge in [-0.05, 0) is 69.4 Å². The zero-order valence-electron chi connectivity index (χ0n) is 19.8. The van der Waals surface area contributed by atoms with Gasteiger partial charge in [0.05, 0.1) is 23.1 Å². The highest BCUT2D eigenvalue weighted by atomic mass is 19.1. The Hall–Kier alpha value is -3.42. The maximum absolute atomic E-state index is 13.4. The molecule has 34 heavy (non-hydrogen) atoms. The summed E-state index contributed by atoms with van der Waals surface area (Å²) in [6.45, 7) is 3.92. The molecule has 3 aromatic rings. The normalized spacial score (nSPS) is 14.1. The topological polar surface area (TPSA) is 77.7 Å². The first-order valence-electron chi connectivity index (χ1n) is 11.6. The van der Waals surface area contributed by atoms with Gasteiger partial charge in [-0.1, -0.05) is 23.7 Å². The summed E-state index contributed by atoms with van der Waals surface area (Å²) in [5.41, 5.74) is 3.33.